The first-order valence-corrected chi connectivity index (χ1v) is 15.5. The quantitative estimate of drug-likeness (QED) is 0.230. The minimum absolute atomic E-state index is 0.0259. The van der Waals surface area contributed by atoms with Crippen LogP contribution >= 0.6 is 0 Å². The highest BCUT2D eigenvalue weighted by molar-refractivity contribution is 5.99. The Morgan fingerprint density at radius 2 is 1.32 bits per heavy atom. The first-order chi connectivity index (χ1) is 21.4. The molecule has 2 aliphatic heterocycles. The Morgan fingerprint density at radius 1 is 0.682 bits per heavy atom. The van der Waals surface area contributed by atoms with Crippen molar-refractivity contribution in [1.82, 2.24) is 19.3 Å². The number of rotatable bonds is 7. The standard InChI is InChI=1S/C38H38N4O2/c1-38(2)37(44)41-22-21-39(25-32-26-40(23-28-11-5-3-6-12-28)34-16-10-9-15-33(32)34)27-35(41)36(43)42(38)24-29-17-19-31(20-18-29)30-13-7-4-8-14-30/h3-20,26,35H,21-25,27H2,1-2H3. The molecule has 44 heavy (non-hydrogen) atoms. The Morgan fingerprint density at radius 3 is 2.07 bits per heavy atom. The van der Waals surface area contributed by atoms with Crippen molar-refractivity contribution in [3.63, 3.8) is 0 Å². The zero-order valence-corrected chi connectivity index (χ0v) is 25.4. The molecule has 6 heteroatoms. The van der Waals surface area contributed by atoms with E-state index in [1.165, 1.54) is 22.0 Å². The Bertz CT molecular complexity index is 1790. The lowest BCUT2D eigenvalue weighted by molar-refractivity contribution is -0.173. The maximum atomic E-state index is 14.1. The molecule has 3 heterocycles. The van der Waals surface area contributed by atoms with Gasteiger partial charge < -0.3 is 14.4 Å². The lowest BCUT2D eigenvalue weighted by Gasteiger charge is -2.52. The lowest BCUT2D eigenvalue weighted by Crippen LogP contribution is -2.73. The Hall–Kier alpha value is -4.68. The Balaban J connectivity index is 1.10. The smallest absolute Gasteiger partial charge is 0.248 e. The van der Waals surface area contributed by atoms with Crippen LogP contribution in [0.5, 0.6) is 0 Å². The number of hydrogen-bond acceptors (Lipinski definition) is 3. The fraction of sp³-hybridized carbons (Fsp3) is 0.263. The van der Waals surface area contributed by atoms with Crippen molar-refractivity contribution in [2.75, 3.05) is 19.6 Å². The largest absolute Gasteiger partial charge is 0.343 e. The third kappa shape index (κ3) is 5.20. The molecule has 0 saturated carbocycles. The predicted octanol–water partition coefficient (Wildman–Crippen LogP) is 6.19. The number of piperazine rings is 2. The van der Waals surface area contributed by atoms with Gasteiger partial charge in [0.1, 0.15) is 11.6 Å². The summed E-state index contributed by atoms with van der Waals surface area (Å²) in [4.78, 5) is 33.9. The summed E-state index contributed by atoms with van der Waals surface area (Å²) in [7, 11) is 0. The molecule has 2 saturated heterocycles. The molecule has 1 aromatic heterocycles. The van der Waals surface area contributed by atoms with Gasteiger partial charge >= 0.3 is 0 Å². The SMILES string of the molecule is CC1(C)C(=O)N2CCN(Cc3cn(Cc4ccccc4)c4ccccc34)CC2C(=O)N1Cc1ccc(-c2ccccc2)cc1. The fourth-order valence-electron chi connectivity index (χ4n) is 6.85. The molecule has 0 radical (unpaired) electrons. The van der Waals surface area contributed by atoms with Crippen molar-refractivity contribution in [1.29, 1.82) is 0 Å². The van der Waals surface area contributed by atoms with Crippen LogP contribution in [0.1, 0.15) is 30.5 Å². The topological polar surface area (TPSA) is 48.8 Å². The number of para-hydroxylation sites is 1. The van der Waals surface area contributed by atoms with Crippen LogP contribution in [0, 0.1) is 0 Å². The summed E-state index contributed by atoms with van der Waals surface area (Å²) >= 11 is 0. The second kappa shape index (κ2) is 11.4. The molecule has 0 aliphatic carbocycles. The number of carbonyl (C=O) groups excluding carboxylic acids is 2. The molecule has 0 N–H and O–H groups in total. The number of carbonyl (C=O) groups is 2. The van der Waals surface area contributed by atoms with Gasteiger partial charge in [-0.2, -0.15) is 0 Å². The van der Waals surface area contributed by atoms with E-state index in [0.29, 0.717) is 19.6 Å². The van der Waals surface area contributed by atoms with Gasteiger partial charge in [-0.05, 0) is 47.7 Å². The van der Waals surface area contributed by atoms with Crippen LogP contribution in [0.3, 0.4) is 0 Å². The molecule has 1 atom stereocenters. The maximum Gasteiger partial charge on any atom is 0.248 e. The molecule has 1 unspecified atom stereocenters. The summed E-state index contributed by atoms with van der Waals surface area (Å²) in [5.74, 6) is 0.0556. The van der Waals surface area contributed by atoms with E-state index in [2.05, 4.69) is 101 Å². The van der Waals surface area contributed by atoms with Gasteiger partial charge in [-0.3, -0.25) is 14.5 Å². The van der Waals surface area contributed by atoms with E-state index >= 15 is 0 Å². The van der Waals surface area contributed by atoms with Crippen LogP contribution in [0.15, 0.2) is 115 Å². The third-order valence-electron chi connectivity index (χ3n) is 9.34. The number of amides is 2. The summed E-state index contributed by atoms with van der Waals surface area (Å²) in [6.45, 7) is 7.54. The average molecular weight is 583 g/mol. The van der Waals surface area contributed by atoms with Crippen LogP contribution < -0.4 is 0 Å². The summed E-state index contributed by atoms with van der Waals surface area (Å²) < 4.78 is 2.32. The van der Waals surface area contributed by atoms with Gasteiger partial charge in [0.25, 0.3) is 0 Å². The first kappa shape index (κ1) is 28.1. The molecule has 2 fully saturated rings. The van der Waals surface area contributed by atoms with E-state index in [-0.39, 0.29) is 11.8 Å². The van der Waals surface area contributed by atoms with Crippen molar-refractivity contribution in [2.45, 2.75) is 45.1 Å². The van der Waals surface area contributed by atoms with Crippen LogP contribution in [-0.2, 0) is 29.2 Å². The van der Waals surface area contributed by atoms with Gasteiger partial charge in [0.2, 0.25) is 11.8 Å². The average Bonchev–Trinajstić information content (AvgIpc) is 3.40. The first-order valence-electron chi connectivity index (χ1n) is 15.5. The van der Waals surface area contributed by atoms with Crippen molar-refractivity contribution >= 4 is 22.7 Å². The van der Waals surface area contributed by atoms with Crippen molar-refractivity contribution in [2.24, 2.45) is 0 Å². The van der Waals surface area contributed by atoms with Crippen LogP contribution in [0.2, 0.25) is 0 Å². The highest BCUT2D eigenvalue weighted by Gasteiger charge is 2.52. The van der Waals surface area contributed by atoms with E-state index in [4.69, 9.17) is 0 Å². The number of hydrogen-bond donors (Lipinski definition) is 0. The summed E-state index contributed by atoms with van der Waals surface area (Å²) in [5, 5.41) is 1.23. The second-order valence-electron chi connectivity index (χ2n) is 12.6. The minimum atomic E-state index is -0.904. The van der Waals surface area contributed by atoms with E-state index < -0.39 is 11.6 Å². The van der Waals surface area contributed by atoms with Gasteiger partial charge in [0.05, 0.1) is 0 Å². The van der Waals surface area contributed by atoms with Gasteiger partial charge in [0, 0.05) is 56.4 Å². The lowest BCUT2D eigenvalue weighted by atomic mass is 9.91. The summed E-state index contributed by atoms with van der Waals surface area (Å²) in [6.07, 6.45) is 2.26. The van der Waals surface area contributed by atoms with Crippen LogP contribution in [0.25, 0.3) is 22.0 Å². The van der Waals surface area contributed by atoms with Crippen molar-refractivity contribution < 1.29 is 9.59 Å². The zero-order valence-electron chi connectivity index (χ0n) is 25.4. The van der Waals surface area contributed by atoms with Gasteiger partial charge in [0.15, 0.2) is 0 Å². The van der Waals surface area contributed by atoms with E-state index in [9.17, 15) is 9.59 Å². The summed E-state index contributed by atoms with van der Waals surface area (Å²) in [5.41, 5.74) is 6.12. The van der Waals surface area contributed by atoms with Crippen LogP contribution in [-0.4, -0.2) is 62.3 Å². The van der Waals surface area contributed by atoms with Gasteiger partial charge in [-0.15, -0.1) is 0 Å². The molecule has 0 bridgehead atoms. The van der Waals surface area contributed by atoms with Gasteiger partial charge in [-0.25, -0.2) is 0 Å². The van der Waals surface area contributed by atoms with Gasteiger partial charge in [-0.1, -0.05) is 103 Å². The third-order valence-corrected chi connectivity index (χ3v) is 9.34. The highest BCUT2D eigenvalue weighted by Crippen LogP contribution is 2.32. The zero-order chi connectivity index (χ0) is 30.3. The fourth-order valence-corrected chi connectivity index (χ4v) is 6.85. The molecule has 5 aromatic rings. The van der Waals surface area contributed by atoms with E-state index in [1.807, 2.05) is 43.0 Å². The predicted molar refractivity (Wildman–Crippen MR) is 175 cm³/mol. The number of benzene rings is 4. The monoisotopic (exact) mass is 582 g/mol. The molecular formula is C38H38N4O2. The van der Waals surface area contributed by atoms with E-state index in [1.54, 1.807) is 4.90 Å². The maximum absolute atomic E-state index is 14.1. The Labute approximate surface area is 259 Å². The minimum Gasteiger partial charge on any atom is -0.343 e. The van der Waals surface area contributed by atoms with Crippen molar-refractivity contribution in [3.8, 4) is 11.1 Å². The summed E-state index contributed by atoms with van der Waals surface area (Å²) in [6, 6.07) is 37.2. The second-order valence-corrected chi connectivity index (χ2v) is 12.6. The van der Waals surface area contributed by atoms with Crippen LogP contribution in [0.4, 0.5) is 0 Å². The number of aromatic nitrogens is 1. The molecule has 0 spiro atoms. The highest BCUT2D eigenvalue weighted by atomic mass is 16.2. The van der Waals surface area contributed by atoms with E-state index in [0.717, 1.165) is 36.3 Å². The molecule has 7 rings (SSSR count). The molecule has 4 aromatic carbocycles. The molecular weight excluding hydrogens is 544 g/mol. The Kier molecular flexibility index (Phi) is 7.31. The molecule has 222 valence electrons. The normalized spacial score (nSPS) is 18.5. The molecule has 2 amide bonds. The molecule has 2 aliphatic rings. The van der Waals surface area contributed by atoms with Crippen molar-refractivity contribution in [3.05, 3.63) is 132 Å². The molecule has 6 nitrogen and oxygen atoms in total. The number of nitrogens with zero attached hydrogens (tertiary/aromatic N) is 4. The number of fused-ring (bicyclic) bond motifs is 2.